The maximum atomic E-state index is 13.7. The number of fused-ring (bicyclic) bond motifs is 1. The number of rotatable bonds is 4. The predicted molar refractivity (Wildman–Crippen MR) is 86.6 cm³/mol. The molecule has 0 bridgehead atoms. The molecule has 23 heavy (non-hydrogen) atoms. The fourth-order valence-corrected chi connectivity index (χ4v) is 3.22. The summed E-state index contributed by atoms with van der Waals surface area (Å²) in [6.45, 7) is 1.70. The van der Waals surface area contributed by atoms with Gasteiger partial charge in [-0.1, -0.05) is 12.1 Å². The summed E-state index contributed by atoms with van der Waals surface area (Å²) >= 11 is 1.17. The van der Waals surface area contributed by atoms with E-state index in [1.165, 1.54) is 17.8 Å². The first-order valence-electron chi connectivity index (χ1n) is 7.06. The molecule has 0 aliphatic carbocycles. The minimum atomic E-state index is -0.454. The number of ether oxygens (including phenoxy) is 1. The summed E-state index contributed by atoms with van der Waals surface area (Å²) in [6, 6.07) is 11.2. The third-order valence-electron chi connectivity index (χ3n) is 3.41. The smallest absolute Gasteiger partial charge is 0.262 e. The van der Waals surface area contributed by atoms with Crippen LogP contribution in [0.25, 0.3) is 0 Å². The van der Waals surface area contributed by atoms with Gasteiger partial charge in [0.2, 0.25) is 0 Å². The van der Waals surface area contributed by atoms with Crippen LogP contribution in [0, 0.1) is 5.82 Å². The molecule has 1 heterocycles. The van der Waals surface area contributed by atoms with Crippen molar-refractivity contribution >= 4 is 29.1 Å². The number of Topliss-reactive ketones (excluding diaryl/α,β-unsaturated/α-hetero) is 1. The van der Waals surface area contributed by atoms with E-state index < -0.39 is 5.25 Å². The zero-order chi connectivity index (χ0) is 16.4. The molecule has 0 aromatic heterocycles. The molecule has 0 saturated heterocycles. The number of hydrogen-bond acceptors (Lipinski definition) is 4. The van der Waals surface area contributed by atoms with Gasteiger partial charge >= 0.3 is 0 Å². The van der Waals surface area contributed by atoms with E-state index in [-0.39, 0.29) is 24.1 Å². The molecule has 0 fully saturated rings. The van der Waals surface area contributed by atoms with E-state index in [9.17, 15) is 14.0 Å². The Labute approximate surface area is 137 Å². The summed E-state index contributed by atoms with van der Waals surface area (Å²) in [6.07, 6.45) is 0. The first-order valence-corrected chi connectivity index (χ1v) is 7.94. The zero-order valence-electron chi connectivity index (χ0n) is 12.3. The number of carbonyl (C=O) groups excluding carboxylic acids is 2. The van der Waals surface area contributed by atoms with Crippen LogP contribution in [0.5, 0.6) is 5.75 Å². The van der Waals surface area contributed by atoms with Gasteiger partial charge in [0.1, 0.15) is 11.6 Å². The lowest BCUT2D eigenvalue weighted by Gasteiger charge is -2.19. The van der Waals surface area contributed by atoms with Crippen molar-refractivity contribution < 1.29 is 18.7 Å². The molecule has 6 heteroatoms. The molecule has 1 aliphatic rings. The van der Waals surface area contributed by atoms with Crippen LogP contribution >= 0.6 is 11.8 Å². The Morgan fingerprint density at radius 3 is 2.87 bits per heavy atom. The van der Waals surface area contributed by atoms with Gasteiger partial charge in [0.15, 0.2) is 12.4 Å². The summed E-state index contributed by atoms with van der Waals surface area (Å²) in [5, 5.41) is 2.22. The summed E-state index contributed by atoms with van der Waals surface area (Å²) in [7, 11) is 0. The van der Waals surface area contributed by atoms with Gasteiger partial charge in [-0.3, -0.25) is 9.59 Å². The molecule has 2 aromatic carbocycles. The molecule has 0 radical (unpaired) electrons. The van der Waals surface area contributed by atoms with Gasteiger partial charge in [-0.05, 0) is 37.3 Å². The highest BCUT2D eigenvalue weighted by Gasteiger charge is 2.21. The molecule has 0 spiro atoms. The van der Waals surface area contributed by atoms with Crippen LogP contribution in [0.4, 0.5) is 10.1 Å². The van der Waals surface area contributed by atoms with Gasteiger partial charge in [0.05, 0.1) is 10.9 Å². The van der Waals surface area contributed by atoms with Crippen LogP contribution < -0.4 is 10.1 Å². The number of nitrogens with one attached hydrogen (secondary N) is 1. The Hall–Kier alpha value is -2.34. The molecule has 1 N–H and O–H groups in total. The van der Waals surface area contributed by atoms with E-state index in [1.807, 2.05) is 0 Å². The lowest BCUT2D eigenvalue weighted by atomic mass is 10.1. The van der Waals surface area contributed by atoms with Crippen LogP contribution in [-0.2, 0) is 4.79 Å². The standard InChI is InChI=1S/C17H14FNO3S/c1-10(23-15-5-3-2-4-12(15)18)17(21)11-6-7-14-13(8-11)19-16(20)9-22-14/h2-8,10H,9H2,1H3,(H,19,20). The van der Waals surface area contributed by atoms with Crippen molar-refractivity contribution in [3.05, 3.63) is 53.8 Å². The second-order valence-electron chi connectivity index (χ2n) is 5.10. The fourth-order valence-electron chi connectivity index (χ4n) is 2.26. The van der Waals surface area contributed by atoms with E-state index >= 15 is 0 Å². The van der Waals surface area contributed by atoms with Crippen molar-refractivity contribution in [3.8, 4) is 5.75 Å². The molecule has 1 aliphatic heterocycles. The molecular weight excluding hydrogens is 317 g/mol. The number of benzene rings is 2. The Bertz CT molecular complexity index is 778. The summed E-state index contributed by atoms with van der Waals surface area (Å²) in [5.41, 5.74) is 0.932. The predicted octanol–water partition coefficient (Wildman–Crippen LogP) is 3.52. The van der Waals surface area contributed by atoms with Crippen LogP contribution in [0.1, 0.15) is 17.3 Å². The number of hydrogen-bond donors (Lipinski definition) is 1. The maximum Gasteiger partial charge on any atom is 0.262 e. The van der Waals surface area contributed by atoms with Crippen molar-refractivity contribution in [1.82, 2.24) is 0 Å². The summed E-state index contributed by atoms with van der Waals surface area (Å²) in [4.78, 5) is 24.3. The van der Waals surface area contributed by atoms with Crippen LogP contribution in [-0.4, -0.2) is 23.5 Å². The van der Waals surface area contributed by atoms with Gasteiger partial charge in [-0.2, -0.15) is 0 Å². The lowest BCUT2D eigenvalue weighted by Crippen LogP contribution is -2.25. The van der Waals surface area contributed by atoms with Crippen LogP contribution in [0.15, 0.2) is 47.4 Å². The van der Waals surface area contributed by atoms with E-state index in [0.717, 1.165) is 0 Å². The molecule has 0 saturated carbocycles. The number of thioether (sulfide) groups is 1. The van der Waals surface area contributed by atoms with Crippen LogP contribution in [0.3, 0.4) is 0 Å². The molecule has 1 unspecified atom stereocenters. The van der Waals surface area contributed by atoms with Crippen LogP contribution in [0.2, 0.25) is 0 Å². The molecule has 2 aromatic rings. The maximum absolute atomic E-state index is 13.7. The Morgan fingerprint density at radius 1 is 1.30 bits per heavy atom. The molecule has 118 valence electrons. The zero-order valence-corrected chi connectivity index (χ0v) is 13.2. The summed E-state index contributed by atoms with van der Waals surface area (Å²) < 4.78 is 19.0. The third kappa shape index (κ3) is 3.37. The first kappa shape index (κ1) is 15.6. The van der Waals surface area contributed by atoms with E-state index in [0.29, 0.717) is 21.9 Å². The number of amides is 1. The third-order valence-corrected chi connectivity index (χ3v) is 4.56. The first-order chi connectivity index (χ1) is 11.0. The fraction of sp³-hybridized carbons (Fsp3) is 0.176. The quantitative estimate of drug-likeness (QED) is 0.688. The van der Waals surface area contributed by atoms with Gasteiger partial charge in [-0.15, -0.1) is 11.8 Å². The van der Waals surface area contributed by atoms with Gasteiger partial charge in [0.25, 0.3) is 5.91 Å². The number of halogens is 1. The minimum Gasteiger partial charge on any atom is -0.482 e. The molecular formula is C17H14FNO3S. The van der Waals surface area contributed by atoms with Gasteiger partial charge in [-0.25, -0.2) is 4.39 Å². The Morgan fingerprint density at radius 2 is 2.09 bits per heavy atom. The Kier molecular flexibility index (Phi) is 4.34. The average molecular weight is 331 g/mol. The van der Waals surface area contributed by atoms with Crippen molar-refractivity contribution in [1.29, 1.82) is 0 Å². The Balaban J connectivity index is 1.79. The van der Waals surface area contributed by atoms with Gasteiger partial charge in [0, 0.05) is 10.5 Å². The molecule has 1 atom stereocenters. The van der Waals surface area contributed by atoms with E-state index in [4.69, 9.17) is 4.74 Å². The topological polar surface area (TPSA) is 55.4 Å². The number of anilines is 1. The highest BCUT2D eigenvalue weighted by molar-refractivity contribution is 8.00. The lowest BCUT2D eigenvalue weighted by molar-refractivity contribution is -0.118. The molecule has 1 amide bonds. The monoisotopic (exact) mass is 331 g/mol. The second kappa shape index (κ2) is 6.42. The number of ketones is 1. The van der Waals surface area contributed by atoms with Crippen molar-refractivity contribution in [2.24, 2.45) is 0 Å². The summed E-state index contributed by atoms with van der Waals surface area (Å²) in [5.74, 6) is -0.199. The van der Waals surface area contributed by atoms with Crippen molar-refractivity contribution in [2.75, 3.05) is 11.9 Å². The van der Waals surface area contributed by atoms with Crippen molar-refractivity contribution in [2.45, 2.75) is 17.1 Å². The van der Waals surface area contributed by atoms with Crippen molar-refractivity contribution in [3.63, 3.8) is 0 Å². The molecule has 4 nitrogen and oxygen atoms in total. The average Bonchev–Trinajstić information content (AvgIpc) is 2.55. The SMILES string of the molecule is CC(Sc1ccccc1F)C(=O)c1ccc2c(c1)NC(=O)CO2. The highest BCUT2D eigenvalue weighted by Crippen LogP contribution is 2.32. The highest BCUT2D eigenvalue weighted by atomic mass is 32.2. The normalized spacial score (nSPS) is 14.4. The van der Waals surface area contributed by atoms with E-state index in [2.05, 4.69) is 5.32 Å². The minimum absolute atomic E-state index is 0.0279. The largest absolute Gasteiger partial charge is 0.482 e. The molecule has 3 rings (SSSR count). The van der Waals surface area contributed by atoms with E-state index in [1.54, 1.807) is 43.3 Å². The second-order valence-corrected chi connectivity index (χ2v) is 6.49. The van der Waals surface area contributed by atoms with Gasteiger partial charge < -0.3 is 10.1 Å². The number of carbonyl (C=O) groups is 2.